The first-order valence-electron chi connectivity index (χ1n) is 12.5. The first-order valence-corrected chi connectivity index (χ1v) is 14.0. The molecule has 1 amide bonds. The third-order valence-corrected chi connectivity index (χ3v) is 7.37. The maximum Gasteiger partial charge on any atom is 0.280 e. The number of nitro groups is 1. The summed E-state index contributed by atoms with van der Waals surface area (Å²) in [6.07, 6.45) is 0.212. The number of anilines is 3. The number of carbonyl (C=O) groups excluding carboxylic acids is 1. The van der Waals surface area contributed by atoms with Gasteiger partial charge in [0.1, 0.15) is 12.4 Å². The van der Waals surface area contributed by atoms with Crippen molar-refractivity contribution < 1.29 is 9.72 Å². The number of nitrogens with zero attached hydrogens (tertiary/aromatic N) is 3. The first kappa shape index (κ1) is 29.1. The van der Waals surface area contributed by atoms with Crippen LogP contribution in [0.5, 0.6) is 0 Å². The van der Waals surface area contributed by atoms with E-state index in [-0.39, 0.29) is 24.2 Å². The van der Waals surface area contributed by atoms with Crippen LogP contribution >= 0.6 is 39.1 Å². The van der Waals surface area contributed by atoms with E-state index in [4.69, 9.17) is 28.2 Å². The summed E-state index contributed by atoms with van der Waals surface area (Å²) in [6.45, 7) is -0.278. The standard InChI is InChI=1S/C29H21BrCl2N6O4/c30-18-8-13-25-21(15-18)29(40)37(33-16-27(39)34-19-9-11-20(12-10-19)38(41)42)26(35-25)14-17-4-1-2-7-24(17)36-28-22(31)5-3-6-23(28)32/h1-13,15,33,36H,14,16H2,(H,34,39). The minimum Gasteiger partial charge on any atom is -0.353 e. The Hall–Kier alpha value is -4.45. The number of amides is 1. The van der Waals surface area contributed by atoms with E-state index in [9.17, 15) is 19.7 Å². The molecule has 0 saturated carbocycles. The van der Waals surface area contributed by atoms with Crippen molar-refractivity contribution in [2.24, 2.45) is 0 Å². The Balaban J connectivity index is 1.45. The second-order valence-corrected chi connectivity index (χ2v) is 10.8. The van der Waals surface area contributed by atoms with E-state index in [1.807, 2.05) is 24.3 Å². The van der Waals surface area contributed by atoms with Gasteiger partial charge in [-0.2, -0.15) is 0 Å². The summed E-state index contributed by atoms with van der Waals surface area (Å²) in [7, 11) is 0. The summed E-state index contributed by atoms with van der Waals surface area (Å²) in [6, 6.07) is 23.3. The van der Waals surface area contributed by atoms with Gasteiger partial charge >= 0.3 is 0 Å². The van der Waals surface area contributed by atoms with Crippen molar-refractivity contribution in [1.29, 1.82) is 0 Å². The molecule has 13 heteroatoms. The zero-order valence-corrected chi connectivity index (χ0v) is 24.7. The summed E-state index contributed by atoms with van der Waals surface area (Å²) in [5.74, 6) is -0.107. The summed E-state index contributed by atoms with van der Waals surface area (Å²) >= 11 is 16.2. The lowest BCUT2D eigenvalue weighted by atomic mass is 10.1. The number of hydrogen-bond donors (Lipinski definition) is 3. The molecule has 1 aromatic heterocycles. The molecule has 1 heterocycles. The number of para-hydroxylation sites is 2. The van der Waals surface area contributed by atoms with Gasteiger partial charge in [0.15, 0.2) is 0 Å². The molecule has 212 valence electrons. The topological polar surface area (TPSA) is 131 Å². The highest BCUT2D eigenvalue weighted by Gasteiger charge is 2.16. The molecular weight excluding hydrogens is 647 g/mol. The molecule has 0 saturated heterocycles. The molecule has 0 spiro atoms. The third kappa shape index (κ3) is 6.54. The van der Waals surface area contributed by atoms with Crippen molar-refractivity contribution in [1.82, 2.24) is 9.66 Å². The predicted molar refractivity (Wildman–Crippen MR) is 169 cm³/mol. The Morgan fingerprint density at radius 2 is 1.69 bits per heavy atom. The fraction of sp³-hybridized carbons (Fsp3) is 0.0690. The summed E-state index contributed by atoms with van der Waals surface area (Å²) in [5.41, 5.74) is 5.32. The highest BCUT2D eigenvalue weighted by Crippen LogP contribution is 2.34. The Morgan fingerprint density at radius 3 is 2.40 bits per heavy atom. The van der Waals surface area contributed by atoms with Crippen LogP contribution < -0.4 is 21.6 Å². The summed E-state index contributed by atoms with van der Waals surface area (Å²) in [4.78, 5) is 41.5. The number of nitrogens with one attached hydrogen (secondary N) is 3. The maximum absolute atomic E-state index is 13.6. The lowest BCUT2D eigenvalue weighted by Gasteiger charge is -2.18. The normalized spacial score (nSPS) is 10.8. The Labute approximate surface area is 257 Å². The van der Waals surface area contributed by atoms with E-state index in [1.165, 1.54) is 28.9 Å². The number of benzene rings is 4. The average Bonchev–Trinajstić information content (AvgIpc) is 2.96. The van der Waals surface area contributed by atoms with Crippen molar-refractivity contribution >= 4 is 78.7 Å². The van der Waals surface area contributed by atoms with Gasteiger partial charge in [-0.1, -0.05) is 63.4 Å². The van der Waals surface area contributed by atoms with Crippen LogP contribution in [0.4, 0.5) is 22.7 Å². The van der Waals surface area contributed by atoms with Gasteiger partial charge in [0, 0.05) is 34.4 Å². The predicted octanol–water partition coefficient (Wildman–Crippen LogP) is 6.89. The van der Waals surface area contributed by atoms with Crippen LogP contribution in [0.3, 0.4) is 0 Å². The van der Waals surface area contributed by atoms with Gasteiger partial charge in [-0.25, -0.2) is 9.66 Å². The van der Waals surface area contributed by atoms with Crippen LogP contribution in [0.15, 0.2) is 94.2 Å². The molecule has 0 unspecified atom stereocenters. The Morgan fingerprint density at radius 1 is 0.976 bits per heavy atom. The van der Waals surface area contributed by atoms with E-state index in [0.717, 1.165) is 5.56 Å². The van der Waals surface area contributed by atoms with E-state index in [2.05, 4.69) is 32.0 Å². The lowest BCUT2D eigenvalue weighted by Crippen LogP contribution is -2.37. The van der Waals surface area contributed by atoms with E-state index < -0.39 is 10.8 Å². The largest absolute Gasteiger partial charge is 0.353 e. The maximum atomic E-state index is 13.6. The van der Waals surface area contributed by atoms with Gasteiger partial charge in [0.25, 0.3) is 11.2 Å². The zero-order chi connectivity index (χ0) is 29.8. The third-order valence-electron chi connectivity index (χ3n) is 6.25. The van der Waals surface area contributed by atoms with Gasteiger partial charge < -0.3 is 16.1 Å². The van der Waals surface area contributed by atoms with Crippen LogP contribution in [0.25, 0.3) is 10.9 Å². The average molecular weight is 668 g/mol. The smallest absolute Gasteiger partial charge is 0.280 e. The number of hydrogen-bond acceptors (Lipinski definition) is 7. The molecule has 3 N–H and O–H groups in total. The van der Waals surface area contributed by atoms with Crippen molar-refractivity contribution in [3.8, 4) is 0 Å². The van der Waals surface area contributed by atoms with Crippen molar-refractivity contribution in [2.75, 3.05) is 22.6 Å². The van der Waals surface area contributed by atoms with E-state index in [1.54, 1.807) is 36.4 Å². The minimum absolute atomic E-state index is 0.0951. The molecule has 0 fully saturated rings. The fourth-order valence-electron chi connectivity index (χ4n) is 4.23. The molecule has 0 aliphatic heterocycles. The van der Waals surface area contributed by atoms with E-state index >= 15 is 0 Å². The number of halogens is 3. The summed E-state index contributed by atoms with van der Waals surface area (Å²) in [5, 5.41) is 18.1. The molecule has 0 bridgehead atoms. The van der Waals surface area contributed by atoms with Crippen LogP contribution in [-0.2, 0) is 11.2 Å². The highest BCUT2D eigenvalue weighted by atomic mass is 79.9. The molecule has 4 aromatic carbocycles. The van der Waals surface area contributed by atoms with Gasteiger partial charge in [-0.3, -0.25) is 19.7 Å². The van der Waals surface area contributed by atoms with Gasteiger partial charge in [0.2, 0.25) is 5.91 Å². The zero-order valence-electron chi connectivity index (χ0n) is 21.6. The van der Waals surface area contributed by atoms with Crippen molar-refractivity contribution in [3.05, 3.63) is 131 Å². The Kier molecular flexibility index (Phi) is 8.72. The molecule has 0 atom stereocenters. The summed E-state index contributed by atoms with van der Waals surface area (Å²) < 4.78 is 1.96. The molecule has 5 aromatic rings. The molecule has 42 heavy (non-hydrogen) atoms. The number of aromatic nitrogens is 2. The minimum atomic E-state index is -0.525. The number of non-ortho nitro benzene ring substituents is 1. The molecule has 0 aliphatic carbocycles. The molecule has 0 radical (unpaired) electrons. The van der Waals surface area contributed by atoms with Crippen molar-refractivity contribution in [2.45, 2.75) is 6.42 Å². The number of nitro benzene ring substituents is 1. The lowest BCUT2D eigenvalue weighted by molar-refractivity contribution is -0.384. The van der Waals surface area contributed by atoms with E-state index in [0.29, 0.717) is 48.3 Å². The number of carbonyl (C=O) groups is 1. The SMILES string of the molecule is O=C(CNn1c(Cc2ccccc2Nc2c(Cl)cccc2Cl)nc2ccc(Br)cc2c1=O)Nc1ccc([N+](=O)[O-])cc1. The monoisotopic (exact) mass is 666 g/mol. The second kappa shape index (κ2) is 12.6. The molecule has 0 aliphatic rings. The Bertz CT molecular complexity index is 1860. The van der Waals surface area contributed by atoms with Crippen LogP contribution in [-0.4, -0.2) is 27.0 Å². The first-order chi connectivity index (χ1) is 20.2. The number of fused-ring (bicyclic) bond motifs is 1. The van der Waals surface area contributed by atoms with Crippen LogP contribution in [0.1, 0.15) is 11.4 Å². The van der Waals surface area contributed by atoms with Crippen LogP contribution in [0.2, 0.25) is 10.0 Å². The fourth-order valence-corrected chi connectivity index (χ4v) is 5.08. The molecule has 10 nitrogen and oxygen atoms in total. The quantitative estimate of drug-likeness (QED) is 0.115. The van der Waals surface area contributed by atoms with Crippen LogP contribution in [0, 0.1) is 10.1 Å². The van der Waals surface area contributed by atoms with Gasteiger partial charge in [-0.15, -0.1) is 0 Å². The molecular formula is C29H21BrCl2N6O4. The van der Waals surface area contributed by atoms with Crippen molar-refractivity contribution in [3.63, 3.8) is 0 Å². The van der Waals surface area contributed by atoms with Gasteiger partial charge in [0.05, 0.1) is 31.6 Å². The molecule has 5 rings (SSSR count). The number of rotatable bonds is 9. The van der Waals surface area contributed by atoms with Gasteiger partial charge in [-0.05, 0) is 54.1 Å². The highest BCUT2D eigenvalue weighted by molar-refractivity contribution is 9.10. The second-order valence-electron chi connectivity index (χ2n) is 9.07.